The van der Waals surface area contributed by atoms with Gasteiger partial charge in [0.05, 0.1) is 11.0 Å². The fourth-order valence-corrected chi connectivity index (χ4v) is 2.11. The quantitative estimate of drug-likeness (QED) is 0.691. The van der Waals surface area contributed by atoms with Gasteiger partial charge in [-0.25, -0.2) is 4.79 Å². The molecule has 0 saturated carbocycles. The maximum atomic E-state index is 11.9. The van der Waals surface area contributed by atoms with E-state index in [0.29, 0.717) is 27.5 Å². The lowest BCUT2D eigenvalue weighted by atomic mass is 10.3. The molecular formula is C15H12ClN3O3. The van der Waals surface area contributed by atoms with E-state index in [9.17, 15) is 9.59 Å². The van der Waals surface area contributed by atoms with Gasteiger partial charge in [0.1, 0.15) is 5.75 Å². The van der Waals surface area contributed by atoms with Crippen molar-refractivity contribution >= 4 is 34.2 Å². The van der Waals surface area contributed by atoms with Crippen molar-refractivity contribution in [2.75, 3.05) is 11.9 Å². The van der Waals surface area contributed by atoms with Gasteiger partial charge in [-0.3, -0.25) is 4.79 Å². The van der Waals surface area contributed by atoms with Crippen LogP contribution in [0, 0.1) is 0 Å². The standard InChI is InChI=1S/C15H12ClN3O3/c16-9-1-4-11(5-2-9)22-8-14(20)17-10-3-6-12-13(7-10)19-15(21)18-12/h1-7H,8H2,(H,17,20)(H2,18,19,21). The Bertz CT molecular complexity index is 868. The molecule has 0 fully saturated rings. The predicted molar refractivity (Wildman–Crippen MR) is 84.5 cm³/mol. The van der Waals surface area contributed by atoms with Gasteiger partial charge in [0, 0.05) is 10.7 Å². The van der Waals surface area contributed by atoms with Crippen LogP contribution in [0.25, 0.3) is 11.0 Å². The minimum atomic E-state index is -0.299. The first kappa shape index (κ1) is 14.2. The highest BCUT2D eigenvalue weighted by Gasteiger charge is 2.05. The SMILES string of the molecule is O=C(COc1ccc(Cl)cc1)Nc1ccc2[nH]c(=O)[nH]c2c1. The summed E-state index contributed by atoms with van der Waals surface area (Å²) in [6.45, 7) is -0.122. The molecule has 1 aromatic heterocycles. The molecule has 112 valence electrons. The Labute approximate surface area is 130 Å². The van der Waals surface area contributed by atoms with Gasteiger partial charge in [0.25, 0.3) is 5.91 Å². The number of carbonyl (C=O) groups excluding carboxylic acids is 1. The number of amides is 1. The van der Waals surface area contributed by atoms with Crippen LogP contribution in [0.2, 0.25) is 5.02 Å². The van der Waals surface area contributed by atoms with Crippen molar-refractivity contribution in [3.05, 3.63) is 58.0 Å². The van der Waals surface area contributed by atoms with Crippen molar-refractivity contribution in [1.29, 1.82) is 0 Å². The average Bonchev–Trinajstić information content (AvgIpc) is 2.86. The molecule has 3 N–H and O–H groups in total. The number of aromatic nitrogens is 2. The molecule has 2 aromatic carbocycles. The Morgan fingerprint density at radius 3 is 2.59 bits per heavy atom. The van der Waals surface area contributed by atoms with Gasteiger partial charge < -0.3 is 20.0 Å². The number of benzene rings is 2. The summed E-state index contributed by atoms with van der Waals surface area (Å²) in [5, 5.41) is 3.30. The third-order valence-electron chi connectivity index (χ3n) is 2.98. The number of H-pyrrole nitrogens is 2. The van der Waals surface area contributed by atoms with Crippen molar-refractivity contribution in [2.45, 2.75) is 0 Å². The Hall–Kier alpha value is -2.73. The number of anilines is 1. The maximum Gasteiger partial charge on any atom is 0.323 e. The average molecular weight is 318 g/mol. The van der Waals surface area contributed by atoms with Crippen molar-refractivity contribution in [3.8, 4) is 5.75 Å². The number of ether oxygens (including phenoxy) is 1. The lowest BCUT2D eigenvalue weighted by Crippen LogP contribution is -2.20. The normalized spacial score (nSPS) is 10.6. The largest absolute Gasteiger partial charge is 0.484 e. The van der Waals surface area contributed by atoms with Crippen LogP contribution in [0.3, 0.4) is 0 Å². The summed E-state index contributed by atoms with van der Waals surface area (Å²) in [4.78, 5) is 28.3. The number of hydrogen-bond acceptors (Lipinski definition) is 3. The van der Waals surface area contributed by atoms with Gasteiger partial charge >= 0.3 is 5.69 Å². The van der Waals surface area contributed by atoms with Crippen LogP contribution in [0.5, 0.6) is 5.75 Å². The lowest BCUT2D eigenvalue weighted by Gasteiger charge is -2.07. The molecule has 7 heteroatoms. The zero-order valence-electron chi connectivity index (χ0n) is 11.4. The van der Waals surface area contributed by atoms with E-state index >= 15 is 0 Å². The van der Waals surface area contributed by atoms with Crippen LogP contribution < -0.4 is 15.7 Å². The zero-order valence-corrected chi connectivity index (χ0v) is 12.1. The molecule has 1 amide bonds. The van der Waals surface area contributed by atoms with Crippen LogP contribution >= 0.6 is 11.6 Å². The van der Waals surface area contributed by atoms with Gasteiger partial charge in [-0.1, -0.05) is 11.6 Å². The highest BCUT2D eigenvalue weighted by Crippen LogP contribution is 2.16. The van der Waals surface area contributed by atoms with Gasteiger partial charge in [-0.15, -0.1) is 0 Å². The lowest BCUT2D eigenvalue weighted by molar-refractivity contribution is -0.118. The molecule has 0 bridgehead atoms. The van der Waals surface area contributed by atoms with Gasteiger partial charge in [-0.05, 0) is 42.5 Å². The Morgan fingerprint density at radius 2 is 1.82 bits per heavy atom. The molecule has 1 heterocycles. The first-order valence-electron chi connectivity index (χ1n) is 6.50. The van der Waals surface area contributed by atoms with Crippen LogP contribution in [0.15, 0.2) is 47.3 Å². The summed E-state index contributed by atoms with van der Waals surface area (Å²) >= 11 is 5.77. The Balaban J connectivity index is 1.62. The van der Waals surface area contributed by atoms with E-state index in [1.165, 1.54) is 0 Å². The summed E-state index contributed by atoms with van der Waals surface area (Å²) < 4.78 is 5.35. The van der Waals surface area contributed by atoms with Crippen molar-refractivity contribution in [1.82, 2.24) is 9.97 Å². The molecule has 0 aliphatic heterocycles. The summed E-state index contributed by atoms with van der Waals surface area (Å²) in [7, 11) is 0. The second-order valence-corrected chi connectivity index (χ2v) is 5.07. The number of halogens is 1. The molecule has 0 saturated heterocycles. The van der Waals surface area contributed by atoms with E-state index < -0.39 is 0 Å². The fraction of sp³-hybridized carbons (Fsp3) is 0.0667. The zero-order chi connectivity index (χ0) is 15.5. The maximum absolute atomic E-state index is 11.9. The second-order valence-electron chi connectivity index (χ2n) is 4.63. The van der Waals surface area contributed by atoms with Crippen LogP contribution in [0.1, 0.15) is 0 Å². The summed E-state index contributed by atoms with van der Waals surface area (Å²) in [6.07, 6.45) is 0. The smallest absolute Gasteiger partial charge is 0.323 e. The van der Waals surface area contributed by atoms with E-state index in [0.717, 1.165) is 0 Å². The number of fused-ring (bicyclic) bond motifs is 1. The molecule has 6 nitrogen and oxygen atoms in total. The van der Waals surface area contributed by atoms with Crippen molar-refractivity contribution in [3.63, 3.8) is 0 Å². The molecule has 3 rings (SSSR count). The molecule has 0 aliphatic rings. The first-order chi connectivity index (χ1) is 10.6. The van der Waals surface area contributed by atoms with Gasteiger partial charge in [-0.2, -0.15) is 0 Å². The van der Waals surface area contributed by atoms with E-state index in [2.05, 4.69) is 15.3 Å². The van der Waals surface area contributed by atoms with Crippen LogP contribution in [-0.2, 0) is 4.79 Å². The fourth-order valence-electron chi connectivity index (χ4n) is 1.99. The topological polar surface area (TPSA) is 87.0 Å². The van der Waals surface area contributed by atoms with Crippen LogP contribution in [-0.4, -0.2) is 22.5 Å². The van der Waals surface area contributed by atoms with E-state index in [4.69, 9.17) is 16.3 Å². The molecule has 0 aliphatic carbocycles. The van der Waals surface area contributed by atoms with Crippen molar-refractivity contribution < 1.29 is 9.53 Å². The third kappa shape index (κ3) is 3.29. The van der Waals surface area contributed by atoms with E-state index in [-0.39, 0.29) is 18.2 Å². The molecule has 3 aromatic rings. The number of imidazole rings is 1. The number of aromatic amines is 2. The summed E-state index contributed by atoms with van der Waals surface area (Å²) in [6, 6.07) is 11.8. The monoisotopic (exact) mass is 317 g/mol. The van der Waals surface area contributed by atoms with Gasteiger partial charge in [0.15, 0.2) is 6.61 Å². The Morgan fingerprint density at radius 1 is 1.09 bits per heavy atom. The number of hydrogen-bond donors (Lipinski definition) is 3. The molecule has 0 atom stereocenters. The number of nitrogens with one attached hydrogen (secondary N) is 3. The highest BCUT2D eigenvalue weighted by atomic mass is 35.5. The predicted octanol–water partition coefficient (Wildman–Crippen LogP) is 2.53. The first-order valence-corrected chi connectivity index (χ1v) is 6.88. The molecular weight excluding hydrogens is 306 g/mol. The number of rotatable bonds is 4. The van der Waals surface area contributed by atoms with Gasteiger partial charge in [0.2, 0.25) is 0 Å². The summed E-state index contributed by atoms with van der Waals surface area (Å²) in [5.41, 5.74) is 1.60. The molecule has 0 unspecified atom stereocenters. The van der Waals surface area contributed by atoms with Crippen molar-refractivity contribution in [2.24, 2.45) is 0 Å². The minimum Gasteiger partial charge on any atom is -0.484 e. The molecule has 0 radical (unpaired) electrons. The summed E-state index contributed by atoms with van der Waals surface area (Å²) in [5.74, 6) is 0.261. The Kier molecular flexibility index (Phi) is 3.84. The highest BCUT2D eigenvalue weighted by molar-refractivity contribution is 6.30. The molecule has 0 spiro atoms. The van der Waals surface area contributed by atoms with E-state index in [1.54, 1.807) is 42.5 Å². The minimum absolute atomic E-state index is 0.122. The molecule has 22 heavy (non-hydrogen) atoms. The third-order valence-corrected chi connectivity index (χ3v) is 3.24. The van der Waals surface area contributed by atoms with E-state index in [1.807, 2.05) is 0 Å². The number of carbonyl (C=O) groups is 1. The van der Waals surface area contributed by atoms with Crippen LogP contribution in [0.4, 0.5) is 5.69 Å². The second kappa shape index (κ2) is 5.95.